The number of rotatable bonds is 10. The van der Waals surface area contributed by atoms with Crippen LogP contribution in [0.3, 0.4) is 0 Å². The Morgan fingerprint density at radius 1 is 0.455 bits per heavy atom. The lowest BCUT2D eigenvalue weighted by Crippen LogP contribution is -2.09. The lowest BCUT2D eigenvalue weighted by Gasteiger charge is -2.13. The fourth-order valence-electron chi connectivity index (χ4n) is 5.63. The van der Waals surface area contributed by atoms with Gasteiger partial charge in [0.05, 0.1) is 12.4 Å². The number of hydrogen-bond acceptors (Lipinski definition) is 8. The van der Waals surface area contributed by atoms with Gasteiger partial charge >= 0.3 is 0 Å². The fourth-order valence-corrected chi connectivity index (χ4v) is 5.63. The van der Waals surface area contributed by atoms with Gasteiger partial charge in [0.1, 0.15) is 18.0 Å². The average Bonchev–Trinajstić information content (AvgIpc) is 3.94. The minimum absolute atomic E-state index is 0.349. The van der Waals surface area contributed by atoms with Gasteiger partial charge in [-0.3, -0.25) is 4.68 Å². The second-order valence-electron chi connectivity index (χ2n) is 16.9. The molecule has 5 aromatic rings. The molecule has 13 heteroatoms. The molecule has 0 spiro atoms. The molecule has 0 aliphatic heterocycles. The van der Waals surface area contributed by atoms with Crippen LogP contribution >= 0.6 is 0 Å². The molecule has 0 fully saturated rings. The first-order chi connectivity index (χ1) is 25.6. The van der Waals surface area contributed by atoms with Crippen molar-refractivity contribution in [1.82, 2.24) is 63.9 Å². The summed E-state index contributed by atoms with van der Waals surface area (Å²) in [6.45, 7) is 42.9. The number of aromatic nitrogens is 13. The van der Waals surface area contributed by atoms with E-state index in [2.05, 4.69) is 204 Å². The van der Waals surface area contributed by atoms with Gasteiger partial charge in [-0.1, -0.05) is 69.2 Å². The summed E-state index contributed by atoms with van der Waals surface area (Å²) in [5, 5.41) is 23.6. The molecular weight excluding hydrogens is 687 g/mol. The van der Waals surface area contributed by atoms with Gasteiger partial charge in [0.2, 0.25) is 0 Å². The zero-order valence-electron chi connectivity index (χ0n) is 38.1. The van der Waals surface area contributed by atoms with Gasteiger partial charge < -0.3 is 13.7 Å². The SMILES string of the molecule is CC(C)c1ccnn1C(C)C.CC(C)c1cncn1C(C)C.CC(C)c1nccn1C(C)C.CC(C)c1nncn1C(C)C.CC(C)c1nnnn1C(C)C. The van der Waals surface area contributed by atoms with Gasteiger partial charge in [0.25, 0.3) is 0 Å². The Bertz CT molecular complexity index is 1300. The molecule has 0 N–H and O–H groups in total. The molecule has 5 rings (SSSR count). The van der Waals surface area contributed by atoms with Crippen LogP contribution in [0.25, 0.3) is 0 Å². The molecule has 0 saturated carbocycles. The van der Waals surface area contributed by atoms with E-state index in [4.69, 9.17) is 0 Å². The molecule has 13 nitrogen and oxygen atoms in total. The molecule has 0 aliphatic carbocycles. The van der Waals surface area contributed by atoms with E-state index >= 15 is 0 Å². The number of hydrogen-bond donors (Lipinski definition) is 0. The van der Waals surface area contributed by atoms with Gasteiger partial charge in [-0.2, -0.15) is 5.10 Å². The first-order valence-electron chi connectivity index (χ1n) is 20.4. The highest BCUT2D eigenvalue weighted by molar-refractivity contribution is 5.06. The molecule has 0 radical (unpaired) electrons. The summed E-state index contributed by atoms with van der Waals surface area (Å²) in [7, 11) is 0. The highest BCUT2D eigenvalue weighted by Crippen LogP contribution is 2.19. The molecule has 0 saturated heterocycles. The van der Waals surface area contributed by atoms with E-state index < -0.39 is 0 Å². The highest BCUT2D eigenvalue weighted by Gasteiger charge is 2.13. The normalized spacial score (nSPS) is 11.5. The van der Waals surface area contributed by atoms with Gasteiger partial charge in [-0.25, -0.2) is 14.6 Å². The summed E-state index contributed by atoms with van der Waals surface area (Å²) >= 11 is 0. The molecule has 0 unspecified atom stereocenters. The van der Waals surface area contributed by atoms with Gasteiger partial charge in [0.15, 0.2) is 5.82 Å². The molecule has 5 aromatic heterocycles. The van der Waals surface area contributed by atoms with Crippen LogP contribution in [-0.2, 0) is 0 Å². The van der Waals surface area contributed by atoms with E-state index in [1.807, 2.05) is 35.8 Å². The lowest BCUT2D eigenvalue weighted by molar-refractivity contribution is 0.483. The Hall–Kier alpha value is -4.16. The summed E-state index contributed by atoms with van der Waals surface area (Å²) < 4.78 is 10.5. The molecule has 0 amide bonds. The molecule has 0 aromatic carbocycles. The fraction of sp³-hybridized carbons (Fsp3) is 0.714. The zero-order valence-corrected chi connectivity index (χ0v) is 38.1. The van der Waals surface area contributed by atoms with Crippen molar-refractivity contribution >= 4 is 0 Å². The van der Waals surface area contributed by atoms with E-state index in [1.165, 1.54) is 17.2 Å². The summed E-state index contributed by atoms with van der Waals surface area (Å²) in [5.41, 5.74) is 2.64. The van der Waals surface area contributed by atoms with Gasteiger partial charge in [-0.05, 0) is 97.6 Å². The first-order valence-corrected chi connectivity index (χ1v) is 20.4. The molecule has 0 aliphatic rings. The van der Waals surface area contributed by atoms with Gasteiger partial charge in [0, 0.05) is 78.1 Å². The van der Waals surface area contributed by atoms with Crippen LogP contribution in [0, 0.1) is 0 Å². The second kappa shape index (κ2) is 23.7. The predicted octanol–water partition coefficient (Wildman–Crippen LogP) is 11.1. The lowest BCUT2D eigenvalue weighted by atomic mass is 10.1. The first kappa shape index (κ1) is 48.9. The van der Waals surface area contributed by atoms with Crippen LogP contribution in [0.5, 0.6) is 0 Å². The predicted molar refractivity (Wildman–Crippen MR) is 227 cm³/mol. The Morgan fingerprint density at radius 3 is 1.35 bits per heavy atom. The van der Waals surface area contributed by atoms with E-state index in [0.717, 1.165) is 11.6 Å². The standard InChI is InChI=1S/3C9H16N2.C8H15N3.C7H14N4/c1-7(2)9-5-10-6-11(9)8(3)4;1-7(2)9-10-5-6-11(9)8(3)4;1-7(2)9-5-6-10-11(9)8(3)4;1-6(2)8-10-9-5-11(8)7(3)4;1-5(2)7-8-9-10-11(7)6(3)4/h3*5-8H,1-4H3;5-7H,1-4H3;5-6H,1-4H3. The molecule has 5 heterocycles. The smallest absolute Gasteiger partial charge is 0.154 e. The molecule has 0 atom stereocenters. The summed E-state index contributed by atoms with van der Waals surface area (Å²) in [4.78, 5) is 8.43. The van der Waals surface area contributed by atoms with Crippen molar-refractivity contribution in [2.75, 3.05) is 0 Å². The molecule has 55 heavy (non-hydrogen) atoms. The van der Waals surface area contributed by atoms with Crippen LogP contribution in [-0.4, -0.2) is 63.9 Å². The quantitative estimate of drug-likeness (QED) is 0.137. The van der Waals surface area contributed by atoms with Crippen molar-refractivity contribution in [2.24, 2.45) is 0 Å². The van der Waals surface area contributed by atoms with Crippen molar-refractivity contribution in [3.63, 3.8) is 0 Å². The third-order valence-electron chi connectivity index (χ3n) is 8.59. The molecular formula is C42H77N13. The van der Waals surface area contributed by atoms with Crippen molar-refractivity contribution in [3.05, 3.63) is 72.4 Å². The Morgan fingerprint density at radius 2 is 0.982 bits per heavy atom. The summed E-state index contributed by atoms with van der Waals surface area (Å²) in [6, 6.07) is 4.42. The van der Waals surface area contributed by atoms with E-state index in [-0.39, 0.29) is 0 Å². The second-order valence-corrected chi connectivity index (χ2v) is 16.9. The largest absolute Gasteiger partial charge is 0.332 e. The average molecular weight is 764 g/mol. The monoisotopic (exact) mass is 764 g/mol. The Balaban J connectivity index is 0.000000344. The van der Waals surface area contributed by atoms with E-state index in [9.17, 15) is 0 Å². The van der Waals surface area contributed by atoms with Crippen molar-refractivity contribution in [3.8, 4) is 0 Å². The maximum absolute atomic E-state index is 4.30. The number of nitrogens with zero attached hydrogens (tertiary/aromatic N) is 13. The number of tetrazole rings is 1. The van der Waals surface area contributed by atoms with Crippen LogP contribution < -0.4 is 0 Å². The third-order valence-corrected chi connectivity index (χ3v) is 8.59. The van der Waals surface area contributed by atoms with Crippen LogP contribution in [0.4, 0.5) is 0 Å². The maximum atomic E-state index is 4.30. The van der Waals surface area contributed by atoms with Gasteiger partial charge in [-0.15, -0.1) is 15.3 Å². The van der Waals surface area contributed by atoms with Crippen molar-refractivity contribution in [2.45, 2.75) is 198 Å². The third kappa shape index (κ3) is 15.5. The Kier molecular flexibility index (Phi) is 21.0. The summed E-state index contributed by atoms with van der Waals surface area (Å²) in [5.74, 6) is 5.72. The molecule has 310 valence electrons. The van der Waals surface area contributed by atoms with Crippen LogP contribution in [0.2, 0.25) is 0 Å². The van der Waals surface area contributed by atoms with Crippen molar-refractivity contribution < 1.29 is 0 Å². The number of imidazole rings is 2. The van der Waals surface area contributed by atoms with E-state index in [1.54, 1.807) is 6.33 Å². The van der Waals surface area contributed by atoms with E-state index in [0.29, 0.717) is 59.8 Å². The minimum Gasteiger partial charge on any atom is -0.332 e. The summed E-state index contributed by atoms with van der Waals surface area (Å²) in [6.07, 6.45) is 11.4. The Labute approximate surface area is 333 Å². The van der Waals surface area contributed by atoms with Crippen LogP contribution in [0.1, 0.15) is 227 Å². The highest BCUT2D eigenvalue weighted by atomic mass is 15.5. The maximum Gasteiger partial charge on any atom is 0.154 e. The van der Waals surface area contributed by atoms with Crippen LogP contribution in [0.15, 0.2) is 43.5 Å². The minimum atomic E-state index is 0.349. The zero-order chi connectivity index (χ0) is 42.2. The topological polar surface area (TPSA) is 128 Å². The van der Waals surface area contributed by atoms with Crippen molar-refractivity contribution in [1.29, 1.82) is 0 Å². The molecule has 0 bridgehead atoms.